The van der Waals surface area contributed by atoms with Gasteiger partial charge in [-0.3, -0.25) is 0 Å². The third-order valence-electron chi connectivity index (χ3n) is 3.37. The Balaban J connectivity index is 1.89. The van der Waals surface area contributed by atoms with Crippen LogP contribution in [0.15, 0.2) is 42.2 Å². The molecule has 3 heterocycles. The molecule has 1 atom stereocenters. The number of fused-ring (bicyclic) bond motifs is 1. The van der Waals surface area contributed by atoms with Gasteiger partial charge in [-0.25, -0.2) is 9.44 Å². The molecule has 1 aromatic carbocycles. The number of hydrogen-bond acceptors (Lipinski definition) is 5. The van der Waals surface area contributed by atoms with Crippen LogP contribution in [0, 0.1) is 0 Å². The van der Waals surface area contributed by atoms with Crippen molar-refractivity contribution in [2.45, 2.75) is 0 Å². The molecule has 4 rings (SSSR count). The van der Waals surface area contributed by atoms with Gasteiger partial charge in [-0.05, 0) is 34.2 Å². The summed E-state index contributed by atoms with van der Waals surface area (Å²) in [6.45, 7) is 0. The Labute approximate surface area is 155 Å². The standard InChI is InChI=1S/C14H8ClIN5PS/c15-12-4-3-11(19-20-12)10-2-1-9(13-14(10)23-7-17-13)8-5-18-21(6-8)22-16/h1-7,22H. The Morgan fingerprint density at radius 1 is 1.13 bits per heavy atom. The van der Waals surface area contributed by atoms with Gasteiger partial charge in [0.05, 0.1) is 34.0 Å². The third-order valence-corrected chi connectivity index (χ3v) is 6.33. The minimum Gasteiger partial charge on any atom is -0.245 e. The second-order valence-electron chi connectivity index (χ2n) is 4.69. The van der Waals surface area contributed by atoms with Gasteiger partial charge in [0.25, 0.3) is 0 Å². The lowest BCUT2D eigenvalue weighted by atomic mass is 10.0. The molecule has 23 heavy (non-hydrogen) atoms. The highest BCUT2D eigenvalue weighted by Gasteiger charge is 2.14. The van der Waals surface area contributed by atoms with Crippen LogP contribution in [0.4, 0.5) is 0 Å². The van der Waals surface area contributed by atoms with Gasteiger partial charge in [0.15, 0.2) is 5.15 Å². The number of nitrogens with zero attached hydrogens (tertiary/aromatic N) is 5. The van der Waals surface area contributed by atoms with E-state index in [9.17, 15) is 0 Å². The van der Waals surface area contributed by atoms with Crippen LogP contribution < -0.4 is 0 Å². The van der Waals surface area contributed by atoms with Crippen molar-refractivity contribution in [2.75, 3.05) is 0 Å². The normalized spacial score (nSPS) is 11.7. The monoisotopic (exact) mass is 471 g/mol. The number of aromatic nitrogens is 5. The molecule has 0 radical (unpaired) electrons. The summed E-state index contributed by atoms with van der Waals surface area (Å²) in [6, 6.07) is 7.73. The highest BCUT2D eigenvalue weighted by molar-refractivity contribution is 14.2. The Kier molecular flexibility index (Phi) is 4.27. The fourth-order valence-electron chi connectivity index (χ4n) is 2.35. The molecule has 4 aromatic rings. The molecule has 0 fully saturated rings. The summed E-state index contributed by atoms with van der Waals surface area (Å²) >= 11 is 9.73. The molecule has 0 spiro atoms. The van der Waals surface area contributed by atoms with E-state index in [4.69, 9.17) is 11.6 Å². The predicted octanol–water partition coefficient (Wildman–Crippen LogP) is 5.06. The van der Waals surface area contributed by atoms with E-state index in [1.807, 2.05) is 28.4 Å². The van der Waals surface area contributed by atoms with E-state index >= 15 is 0 Å². The van der Waals surface area contributed by atoms with Crippen LogP contribution in [0.1, 0.15) is 0 Å². The van der Waals surface area contributed by atoms with Crippen molar-refractivity contribution in [3.05, 3.63) is 47.3 Å². The minimum absolute atomic E-state index is 0.387. The Morgan fingerprint density at radius 3 is 2.74 bits per heavy atom. The maximum Gasteiger partial charge on any atom is 0.151 e. The lowest BCUT2D eigenvalue weighted by Gasteiger charge is -2.05. The minimum atomic E-state index is 0.387. The molecule has 0 aliphatic carbocycles. The number of halogens is 2. The van der Waals surface area contributed by atoms with E-state index in [0.29, 0.717) is 11.5 Å². The lowest BCUT2D eigenvalue weighted by Crippen LogP contribution is -1.88. The second kappa shape index (κ2) is 6.39. The molecule has 0 N–H and O–H groups in total. The first kappa shape index (κ1) is 15.4. The SMILES string of the molecule is Clc1ccc(-c2ccc(-c3cnn(PI)c3)c3ncsc23)nn1. The number of rotatable bonds is 3. The van der Waals surface area contributed by atoms with Gasteiger partial charge in [-0.15, -0.1) is 21.5 Å². The zero-order valence-corrected chi connectivity index (χ0v) is 16.2. The molecule has 0 aliphatic rings. The molecule has 114 valence electrons. The van der Waals surface area contributed by atoms with E-state index in [1.165, 1.54) is 0 Å². The molecule has 0 aliphatic heterocycles. The molecule has 5 nitrogen and oxygen atoms in total. The van der Waals surface area contributed by atoms with Crippen LogP contribution in [-0.2, 0) is 0 Å². The Morgan fingerprint density at radius 2 is 2.00 bits per heavy atom. The summed E-state index contributed by atoms with van der Waals surface area (Å²) in [5, 5.41) is 12.8. The van der Waals surface area contributed by atoms with Crippen molar-refractivity contribution in [3.8, 4) is 22.4 Å². The van der Waals surface area contributed by atoms with E-state index in [1.54, 1.807) is 17.4 Å². The van der Waals surface area contributed by atoms with E-state index in [0.717, 1.165) is 32.6 Å². The average Bonchev–Trinajstić information content (AvgIpc) is 3.24. The number of thiazole rings is 1. The molecule has 0 bridgehead atoms. The van der Waals surface area contributed by atoms with Gasteiger partial charge in [0.2, 0.25) is 0 Å². The number of hydrogen-bond donors (Lipinski definition) is 0. The van der Waals surface area contributed by atoms with Crippen LogP contribution in [-0.4, -0.2) is 24.7 Å². The average molecular weight is 472 g/mol. The van der Waals surface area contributed by atoms with Crippen molar-refractivity contribution in [2.24, 2.45) is 0 Å². The topological polar surface area (TPSA) is 56.5 Å². The summed E-state index contributed by atoms with van der Waals surface area (Å²) in [6.07, 6.45) is 4.50. The zero-order chi connectivity index (χ0) is 15.8. The van der Waals surface area contributed by atoms with Crippen LogP contribution in [0.2, 0.25) is 5.15 Å². The van der Waals surface area contributed by atoms with Gasteiger partial charge in [-0.2, -0.15) is 5.10 Å². The van der Waals surface area contributed by atoms with Crippen LogP contribution in [0.3, 0.4) is 0 Å². The van der Waals surface area contributed by atoms with Crippen molar-refractivity contribution in [3.63, 3.8) is 0 Å². The van der Waals surface area contributed by atoms with Crippen molar-refractivity contribution < 1.29 is 0 Å². The molecular formula is C14H8ClIN5PS. The van der Waals surface area contributed by atoms with Crippen molar-refractivity contribution in [1.82, 2.24) is 24.7 Å². The first-order chi connectivity index (χ1) is 11.3. The van der Waals surface area contributed by atoms with Crippen LogP contribution in [0.25, 0.3) is 32.6 Å². The summed E-state index contributed by atoms with van der Waals surface area (Å²) in [7, 11) is 0. The van der Waals surface area contributed by atoms with Gasteiger partial charge in [-0.1, -0.05) is 23.7 Å². The summed E-state index contributed by atoms with van der Waals surface area (Å²) in [5.74, 6) is 0. The highest BCUT2D eigenvalue weighted by atomic mass is 127. The van der Waals surface area contributed by atoms with E-state index in [-0.39, 0.29) is 0 Å². The van der Waals surface area contributed by atoms with E-state index in [2.05, 4.69) is 54.5 Å². The first-order valence-corrected chi connectivity index (χ1v) is 11.9. The maximum absolute atomic E-state index is 5.82. The molecule has 1 unspecified atom stereocenters. The Bertz CT molecular complexity index is 984. The smallest absolute Gasteiger partial charge is 0.151 e. The van der Waals surface area contributed by atoms with Gasteiger partial charge < -0.3 is 0 Å². The van der Waals surface area contributed by atoms with Crippen LogP contribution >= 0.6 is 51.4 Å². The van der Waals surface area contributed by atoms with Gasteiger partial charge in [0, 0.05) is 22.9 Å². The predicted molar refractivity (Wildman–Crippen MR) is 105 cm³/mol. The highest BCUT2D eigenvalue weighted by Crippen LogP contribution is 2.37. The molecule has 0 amide bonds. The molecular weight excluding hydrogens is 464 g/mol. The van der Waals surface area contributed by atoms with Gasteiger partial charge in [0.1, 0.15) is 0 Å². The summed E-state index contributed by atoms with van der Waals surface area (Å²) in [4.78, 5) is 4.54. The van der Waals surface area contributed by atoms with Crippen LogP contribution in [0.5, 0.6) is 0 Å². The van der Waals surface area contributed by atoms with Crippen molar-refractivity contribution >= 4 is 61.6 Å². The van der Waals surface area contributed by atoms with Crippen molar-refractivity contribution in [1.29, 1.82) is 0 Å². The molecule has 3 aromatic heterocycles. The molecule has 0 saturated heterocycles. The summed E-state index contributed by atoms with van der Waals surface area (Å²) in [5.41, 5.74) is 6.76. The first-order valence-electron chi connectivity index (χ1n) is 6.54. The fraction of sp³-hybridized carbons (Fsp3) is 0. The van der Waals surface area contributed by atoms with E-state index < -0.39 is 0 Å². The molecule has 9 heteroatoms. The number of benzene rings is 1. The molecule has 0 saturated carbocycles. The quantitative estimate of drug-likeness (QED) is 0.310. The van der Waals surface area contributed by atoms with Gasteiger partial charge >= 0.3 is 0 Å². The second-order valence-corrected chi connectivity index (χ2v) is 8.01. The zero-order valence-electron chi connectivity index (χ0n) is 11.4. The summed E-state index contributed by atoms with van der Waals surface area (Å²) < 4.78 is 3.01. The maximum atomic E-state index is 5.82. The fourth-order valence-corrected chi connectivity index (χ4v) is 4.37. The third kappa shape index (κ3) is 2.87. The largest absolute Gasteiger partial charge is 0.245 e. The Hall–Kier alpha value is -1.15. The lowest BCUT2D eigenvalue weighted by molar-refractivity contribution is 1.01.